The third-order valence-corrected chi connectivity index (χ3v) is 8.48. The van der Waals surface area contributed by atoms with Crippen LogP contribution >= 0.6 is 11.8 Å². The summed E-state index contributed by atoms with van der Waals surface area (Å²) in [5, 5.41) is 13.9. The zero-order chi connectivity index (χ0) is 29.5. The molecule has 1 amide bonds. The van der Waals surface area contributed by atoms with Crippen molar-refractivity contribution < 1.29 is 24.2 Å². The van der Waals surface area contributed by atoms with Crippen LogP contribution in [-0.4, -0.2) is 65.2 Å². The van der Waals surface area contributed by atoms with Crippen LogP contribution in [0, 0.1) is 0 Å². The van der Waals surface area contributed by atoms with Crippen molar-refractivity contribution in [3.63, 3.8) is 0 Å². The van der Waals surface area contributed by atoms with Gasteiger partial charge in [0.25, 0.3) is 0 Å². The quantitative estimate of drug-likeness (QED) is 0.284. The number of hydrogen-bond acceptors (Lipinski definition) is 6. The van der Waals surface area contributed by atoms with Crippen LogP contribution in [0.5, 0.6) is 5.75 Å². The lowest BCUT2D eigenvalue weighted by Crippen LogP contribution is -2.57. The van der Waals surface area contributed by atoms with Crippen LogP contribution in [0.4, 0.5) is 4.79 Å². The Balaban J connectivity index is 1.64. The third kappa shape index (κ3) is 8.27. The van der Waals surface area contributed by atoms with Gasteiger partial charge in [-0.1, -0.05) is 60.7 Å². The van der Waals surface area contributed by atoms with E-state index < -0.39 is 28.5 Å². The Morgan fingerprint density at radius 3 is 2.32 bits per heavy atom. The summed E-state index contributed by atoms with van der Waals surface area (Å²) >= 11 is 1.70. The Hall–Kier alpha value is -3.49. The topological polar surface area (TPSA) is 88.1 Å². The van der Waals surface area contributed by atoms with Gasteiger partial charge in [0.05, 0.1) is 11.9 Å². The Morgan fingerprint density at radius 1 is 1.02 bits per heavy atom. The van der Waals surface area contributed by atoms with Crippen molar-refractivity contribution in [2.75, 3.05) is 26.7 Å². The minimum atomic E-state index is -1.10. The normalized spacial score (nSPS) is 17.9. The first-order chi connectivity index (χ1) is 19.6. The number of hydrogen-bond donors (Lipinski definition) is 2. The number of carbonyl (C=O) groups is 2. The van der Waals surface area contributed by atoms with Gasteiger partial charge in [-0.25, -0.2) is 9.59 Å². The molecule has 1 aliphatic rings. The number of benzene rings is 3. The number of para-hydroxylation sites is 1. The van der Waals surface area contributed by atoms with Crippen LogP contribution in [0.3, 0.4) is 0 Å². The highest BCUT2D eigenvalue weighted by atomic mass is 32.2. The maximum atomic E-state index is 13.7. The van der Waals surface area contributed by atoms with Crippen molar-refractivity contribution in [2.24, 2.45) is 0 Å². The SMILES string of the molecule is COc1ccccc1-c1ccc(C[C@@H](C(=O)O)N(CC2(Sc3ccccc3)CCCNC2)C(=O)OC(C)(C)C)cc1. The van der Waals surface area contributed by atoms with Crippen molar-refractivity contribution in [1.82, 2.24) is 10.2 Å². The number of thioether (sulfide) groups is 1. The van der Waals surface area contributed by atoms with Gasteiger partial charge in [0.15, 0.2) is 0 Å². The second-order valence-electron chi connectivity index (χ2n) is 11.4. The zero-order valence-electron chi connectivity index (χ0n) is 24.3. The van der Waals surface area contributed by atoms with Crippen molar-refractivity contribution in [3.05, 3.63) is 84.4 Å². The van der Waals surface area contributed by atoms with Crippen LogP contribution in [0.1, 0.15) is 39.2 Å². The summed E-state index contributed by atoms with van der Waals surface area (Å²) in [5.41, 5.74) is 1.97. The van der Waals surface area contributed by atoms with Crippen LogP contribution in [0.25, 0.3) is 11.1 Å². The van der Waals surface area contributed by atoms with Crippen LogP contribution in [-0.2, 0) is 16.0 Å². The number of methoxy groups -OCH3 is 1. The monoisotopic (exact) mass is 576 g/mol. The Labute approximate surface area is 247 Å². The number of carbonyl (C=O) groups excluding carboxylic acids is 1. The Morgan fingerprint density at radius 2 is 1.71 bits per heavy atom. The molecule has 8 heteroatoms. The summed E-state index contributed by atoms with van der Waals surface area (Å²) < 4.78 is 10.9. The zero-order valence-corrected chi connectivity index (χ0v) is 25.1. The van der Waals surface area contributed by atoms with Crippen molar-refractivity contribution >= 4 is 23.8 Å². The van der Waals surface area contributed by atoms with Gasteiger partial charge in [0, 0.05) is 30.0 Å². The molecule has 2 atom stereocenters. The molecule has 0 aliphatic carbocycles. The first-order valence-corrected chi connectivity index (χ1v) is 14.8. The molecule has 1 unspecified atom stereocenters. The molecule has 0 spiro atoms. The maximum absolute atomic E-state index is 13.7. The summed E-state index contributed by atoms with van der Waals surface area (Å²) in [7, 11) is 1.64. The summed E-state index contributed by atoms with van der Waals surface area (Å²) in [5.74, 6) is -0.296. The molecule has 0 saturated carbocycles. The molecule has 218 valence electrons. The van der Waals surface area contributed by atoms with Gasteiger partial charge in [-0.3, -0.25) is 4.90 Å². The number of nitrogens with one attached hydrogen (secondary N) is 1. The summed E-state index contributed by atoms with van der Waals surface area (Å²) in [4.78, 5) is 29.0. The largest absolute Gasteiger partial charge is 0.496 e. The summed E-state index contributed by atoms with van der Waals surface area (Å²) in [6.45, 7) is 7.19. The molecule has 0 aromatic heterocycles. The number of aliphatic carboxylic acids is 1. The molecule has 1 heterocycles. The Bertz CT molecular complexity index is 1300. The molecule has 1 saturated heterocycles. The molecule has 1 fully saturated rings. The molecule has 0 radical (unpaired) electrons. The number of rotatable bonds is 10. The predicted octanol–water partition coefficient (Wildman–Crippen LogP) is 6.51. The molecule has 4 rings (SSSR count). The number of carboxylic acids is 1. The number of carboxylic acid groups (broad SMARTS) is 1. The lowest BCUT2D eigenvalue weighted by molar-refractivity contribution is -0.143. The van der Waals surface area contributed by atoms with Gasteiger partial charge in [0.2, 0.25) is 0 Å². The third-order valence-electron chi connectivity index (χ3n) is 7.06. The van der Waals surface area contributed by atoms with E-state index in [1.807, 2.05) is 66.7 Å². The van der Waals surface area contributed by atoms with Crippen molar-refractivity contribution in [3.8, 4) is 16.9 Å². The minimum Gasteiger partial charge on any atom is -0.496 e. The fourth-order valence-electron chi connectivity index (χ4n) is 5.12. The number of amides is 1. The molecule has 41 heavy (non-hydrogen) atoms. The Kier molecular flexibility index (Phi) is 9.99. The second kappa shape index (κ2) is 13.4. The minimum absolute atomic E-state index is 0.153. The van der Waals surface area contributed by atoms with Crippen LogP contribution in [0.15, 0.2) is 83.8 Å². The van der Waals surface area contributed by atoms with E-state index in [0.29, 0.717) is 6.54 Å². The lowest BCUT2D eigenvalue weighted by atomic mass is 9.95. The lowest BCUT2D eigenvalue weighted by Gasteiger charge is -2.42. The van der Waals surface area contributed by atoms with E-state index in [1.165, 1.54) is 4.90 Å². The number of piperidine rings is 1. The van der Waals surface area contributed by atoms with E-state index in [0.717, 1.165) is 46.7 Å². The highest BCUT2D eigenvalue weighted by molar-refractivity contribution is 8.00. The fourth-order valence-corrected chi connectivity index (χ4v) is 6.54. The molecule has 3 aromatic rings. The fraction of sp³-hybridized carbons (Fsp3) is 0.394. The predicted molar refractivity (Wildman–Crippen MR) is 164 cm³/mol. The van der Waals surface area contributed by atoms with Gasteiger partial charge in [-0.15, -0.1) is 11.8 Å². The first-order valence-electron chi connectivity index (χ1n) is 14.0. The molecule has 3 aromatic carbocycles. The highest BCUT2D eigenvalue weighted by Crippen LogP contribution is 2.39. The molecule has 0 bridgehead atoms. The number of ether oxygens (including phenoxy) is 2. The van der Waals surface area contributed by atoms with E-state index >= 15 is 0 Å². The van der Waals surface area contributed by atoms with Crippen LogP contribution < -0.4 is 10.1 Å². The molecule has 2 N–H and O–H groups in total. The molecular formula is C33H40N2O5S. The van der Waals surface area contributed by atoms with Gasteiger partial charge in [-0.2, -0.15) is 0 Å². The van der Waals surface area contributed by atoms with E-state index in [2.05, 4.69) is 17.4 Å². The van der Waals surface area contributed by atoms with E-state index in [9.17, 15) is 14.7 Å². The number of nitrogens with zero attached hydrogens (tertiary/aromatic N) is 1. The molecule has 1 aliphatic heterocycles. The molecular weight excluding hydrogens is 536 g/mol. The van der Waals surface area contributed by atoms with Crippen molar-refractivity contribution in [2.45, 2.75) is 61.3 Å². The van der Waals surface area contributed by atoms with Gasteiger partial charge < -0.3 is 19.9 Å². The smallest absolute Gasteiger partial charge is 0.411 e. The van der Waals surface area contributed by atoms with Crippen LogP contribution in [0.2, 0.25) is 0 Å². The summed E-state index contributed by atoms with van der Waals surface area (Å²) in [6, 6.07) is 24.5. The average molecular weight is 577 g/mol. The van der Waals surface area contributed by atoms with E-state index in [-0.39, 0.29) is 13.0 Å². The maximum Gasteiger partial charge on any atom is 0.411 e. The average Bonchev–Trinajstić information content (AvgIpc) is 2.95. The molecule has 7 nitrogen and oxygen atoms in total. The van der Waals surface area contributed by atoms with Gasteiger partial charge in [0.1, 0.15) is 17.4 Å². The highest BCUT2D eigenvalue weighted by Gasteiger charge is 2.42. The second-order valence-corrected chi connectivity index (χ2v) is 13.0. The van der Waals surface area contributed by atoms with E-state index in [4.69, 9.17) is 9.47 Å². The standard InChI is InChI=1S/C33H40N2O5S/c1-32(2,3)40-31(38)35(23-33(19-10-20-34-22-33)41-26-11-6-5-7-12-26)28(30(36)37)21-24-15-17-25(18-16-24)27-13-8-9-14-29(27)39-4/h5-9,11-18,28,34H,10,19-23H2,1-4H3,(H,36,37)/t28-,33?/m0/s1. The van der Waals surface area contributed by atoms with Gasteiger partial charge >= 0.3 is 12.1 Å². The van der Waals surface area contributed by atoms with Gasteiger partial charge in [-0.05, 0) is 69.5 Å². The van der Waals surface area contributed by atoms with Crippen molar-refractivity contribution in [1.29, 1.82) is 0 Å². The van der Waals surface area contributed by atoms with E-state index in [1.54, 1.807) is 39.6 Å². The first kappa shape index (κ1) is 30.5. The summed E-state index contributed by atoms with van der Waals surface area (Å²) in [6.07, 6.45) is 1.32.